The molecular formula is C19H33N3O3. The molecule has 25 heavy (non-hydrogen) atoms. The van der Waals surface area contributed by atoms with Crippen LogP contribution in [0.3, 0.4) is 0 Å². The summed E-state index contributed by atoms with van der Waals surface area (Å²) < 4.78 is 16.3. The Kier molecular flexibility index (Phi) is 11.5. The highest BCUT2D eigenvalue weighted by Crippen LogP contribution is 2.21. The lowest BCUT2D eigenvalue weighted by molar-refractivity contribution is 0.0733. The predicted molar refractivity (Wildman–Crippen MR) is 102 cm³/mol. The highest BCUT2D eigenvalue weighted by atomic mass is 16.5. The van der Waals surface area contributed by atoms with Crippen molar-refractivity contribution >= 4 is 5.96 Å². The quantitative estimate of drug-likeness (QED) is 0.344. The first kappa shape index (κ1) is 21.3. The highest BCUT2D eigenvalue weighted by Gasteiger charge is 2.05. The van der Waals surface area contributed by atoms with Crippen molar-refractivity contribution in [2.24, 2.45) is 4.99 Å². The number of nitrogens with one attached hydrogen (secondary N) is 2. The van der Waals surface area contributed by atoms with Gasteiger partial charge < -0.3 is 24.8 Å². The van der Waals surface area contributed by atoms with Crippen LogP contribution in [-0.2, 0) is 16.0 Å². The first-order chi connectivity index (χ1) is 12.2. The van der Waals surface area contributed by atoms with Gasteiger partial charge in [-0.25, -0.2) is 4.99 Å². The van der Waals surface area contributed by atoms with Crippen LogP contribution in [0.2, 0.25) is 0 Å². The minimum atomic E-state index is 0.569. The molecule has 0 aliphatic rings. The lowest BCUT2D eigenvalue weighted by atomic mass is 10.1. The van der Waals surface area contributed by atoms with Crippen LogP contribution in [0.4, 0.5) is 0 Å². The Bertz CT molecular complexity index is 507. The van der Waals surface area contributed by atoms with Gasteiger partial charge in [-0.3, -0.25) is 0 Å². The van der Waals surface area contributed by atoms with Crippen LogP contribution in [0.1, 0.15) is 31.4 Å². The maximum absolute atomic E-state index is 5.85. The molecule has 0 aromatic heterocycles. The van der Waals surface area contributed by atoms with Gasteiger partial charge in [-0.05, 0) is 31.9 Å². The molecule has 0 unspecified atom stereocenters. The topological polar surface area (TPSA) is 64.1 Å². The molecule has 1 aromatic carbocycles. The normalized spacial score (nSPS) is 11.4. The third kappa shape index (κ3) is 9.31. The van der Waals surface area contributed by atoms with Gasteiger partial charge in [0.15, 0.2) is 5.96 Å². The zero-order valence-electron chi connectivity index (χ0n) is 16.1. The number of aryl methyl sites for hydroxylation is 1. The Morgan fingerprint density at radius 1 is 1.08 bits per heavy atom. The van der Waals surface area contributed by atoms with E-state index in [0.29, 0.717) is 32.9 Å². The minimum absolute atomic E-state index is 0.569. The Balaban J connectivity index is 2.58. The molecule has 0 radical (unpaired) electrons. The molecule has 0 amide bonds. The van der Waals surface area contributed by atoms with Crippen LogP contribution >= 0.6 is 0 Å². The van der Waals surface area contributed by atoms with Gasteiger partial charge in [-0.1, -0.05) is 19.1 Å². The van der Waals surface area contributed by atoms with Crippen LogP contribution in [0.5, 0.6) is 5.75 Å². The van der Waals surface area contributed by atoms with Crippen molar-refractivity contribution in [3.05, 3.63) is 29.3 Å². The van der Waals surface area contributed by atoms with Crippen molar-refractivity contribution < 1.29 is 14.2 Å². The molecule has 0 atom stereocenters. The fourth-order valence-electron chi connectivity index (χ4n) is 2.13. The number of benzene rings is 1. The summed E-state index contributed by atoms with van der Waals surface area (Å²) in [6.07, 6.45) is 0.990. The first-order valence-electron chi connectivity index (χ1n) is 9.02. The van der Waals surface area contributed by atoms with Gasteiger partial charge in [0.05, 0.1) is 33.0 Å². The second kappa shape index (κ2) is 13.5. The molecule has 0 saturated carbocycles. The Morgan fingerprint density at radius 3 is 2.64 bits per heavy atom. The molecule has 6 heteroatoms. The van der Waals surface area contributed by atoms with E-state index in [1.807, 2.05) is 6.92 Å². The SMILES string of the molecule is CCCOc1cc(C)ccc1CN=C(NCC)NCCOCCOC. The van der Waals surface area contributed by atoms with Crippen molar-refractivity contribution in [1.29, 1.82) is 0 Å². The molecule has 1 rings (SSSR count). The zero-order chi connectivity index (χ0) is 18.3. The van der Waals surface area contributed by atoms with Crippen LogP contribution < -0.4 is 15.4 Å². The molecular weight excluding hydrogens is 318 g/mol. The van der Waals surface area contributed by atoms with E-state index in [0.717, 1.165) is 36.8 Å². The summed E-state index contributed by atoms with van der Waals surface area (Å²) in [4.78, 5) is 4.65. The van der Waals surface area contributed by atoms with E-state index in [1.165, 1.54) is 5.56 Å². The van der Waals surface area contributed by atoms with Gasteiger partial charge in [0.25, 0.3) is 0 Å². The second-order valence-corrected chi connectivity index (χ2v) is 5.69. The maximum atomic E-state index is 5.85. The van der Waals surface area contributed by atoms with Gasteiger partial charge in [0.2, 0.25) is 0 Å². The number of rotatable bonds is 12. The molecule has 0 aliphatic carbocycles. The van der Waals surface area contributed by atoms with E-state index in [9.17, 15) is 0 Å². The number of hydrogen-bond donors (Lipinski definition) is 2. The number of aliphatic imine (C=N–C) groups is 1. The highest BCUT2D eigenvalue weighted by molar-refractivity contribution is 5.79. The van der Waals surface area contributed by atoms with Gasteiger partial charge in [0.1, 0.15) is 5.75 Å². The third-order valence-electron chi connectivity index (χ3n) is 3.41. The Hall–Kier alpha value is -1.79. The van der Waals surface area contributed by atoms with E-state index < -0.39 is 0 Å². The molecule has 1 aromatic rings. The summed E-state index contributed by atoms with van der Waals surface area (Å²) in [7, 11) is 1.67. The predicted octanol–water partition coefficient (Wildman–Crippen LogP) is 2.50. The Labute approximate surface area is 152 Å². The van der Waals surface area contributed by atoms with Crippen LogP contribution in [0.15, 0.2) is 23.2 Å². The Morgan fingerprint density at radius 2 is 1.92 bits per heavy atom. The molecule has 0 fully saturated rings. The van der Waals surface area contributed by atoms with Gasteiger partial charge in [0, 0.05) is 25.8 Å². The summed E-state index contributed by atoms with van der Waals surface area (Å²) >= 11 is 0. The van der Waals surface area contributed by atoms with Crippen molar-refractivity contribution in [3.63, 3.8) is 0 Å². The summed E-state index contributed by atoms with van der Waals surface area (Å²) in [5.74, 6) is 1.70. The number of hydrogen-bond acceptors (Lipinski definition) is 4. The van der Waals surface area contributed by atoms with Crippen LogP contribution in [0.25, 0.3) is 0 Å². The summed E-state index contributed by atoms with van der Waals surface area (Å²) in [5, 5.41) is 6.52. The van der Waals surface area contributed by atoms with Gasteiger partial charge in [-0.2, -0.15) is 0 Å². The van der Waals surface area contributed by atoms with Gasteiger partial charge >= 0.3 is 0 Å². The molecule has 2 N–H and O–H groups in total. The average molecular weight is 351 g/mol. The number of nitrogens with zero attached hydrogens (tertiary/aromatic N) is 1. The van der Waals surface area contributed by atoms with Crippen molar-refractivity contribution in [1.82, 2.24) is 10.6 Å². The largest absolute Gasteiger partial charge is 0.493 e. The van der Waals surface area contributed by atoms with E-state index >= 15 is 0 Å². The summed E-state index contributed by atoms with van der Waals surface area (Å²) in [6.45, 7) is 10.9. The zero-order valence-corrected chi connectivity index (χ0v) is 16.1. The monoisotopic (exact) mass is 351 g/mol. The van der Waals surface area contributed by atoms with E-state index in [1.54, 1.807) is 7.11 Å². The minimum Gasteiger partial charge on any atom is -0.493 e. The molecule has 6 nitrogen and oxygen atoms in total. The third-order valence-corrected chi connectivity index (χ3v) is 3.41. The fraction of sp³-hybridized carbons (Fsp3) is 0.632. The molecule has 0 heterocycles. The fourth-order valence-corrected chi connectivity index (χ4v) is 2.13. The average Bonchev–Trinajstić information content (AvgIpc) is 2.61. The molecule has 0 spiro atoms. The molecule has 142 valence electrons. The maximum Gasteiger partial charge on any atom is 0.191 e. The van der Waals surface area contributed by atoms with Crippen LogP contribution in [-0.4, -0.2) is 52.6 Å². The number of guanidine groups is 1. The lowest BCUT2D eigenvalue weighted by Crippen LogP contribution is -2.39. The van der Waals surface area contributed by atoms with E-state index in [4.69, 9.17) is 14.2 Å². The van der Waals surface area contributed by atoms with E-state index in [-0.39, 0.29) is 0 Å². The number of ether oxygens (including phenoxy) is 3. The smallest absolute Gasteiger partial charge is 0.191 e. The standard InChI is InChI=1S/C19H33N3O3/c1-5-10-25-18-14-16(3)7-8-17(18)15-22-19(20-6-2)21-9-11-24-13-12-23-4/h7-8,14H,5-6,9-13,15H2,1-4H3,(H2,20,21,22). The van der Waals surface area contributed by atoms with Crippen molar-refractivity contribution in [2.45, 2.75) is 33.7 Å². The first-order valence-corrected chi connectivity index (χ1v) is 9.02. The van der Waals surface area contributed by atoms with Gasteiger partial charge in [-0.15, -0.1) is 0 Å². The molecule has 0 saturated heterocycles. The summed E-state index contributed by atoms with van der Waals surface area (Å²) in [5.41, 5.74) is 2.28. The molecule has 0 aliphatic heterocycles. The summed E-state index contributed by atoms with van der Waals surface area (Å²) in [6, 6.07) is 6.25. The number of methoxy groups -OCH3 is 1. The van der Waals surface area contributed by atoms with Crippen molar-refractivity contribution in [2.75, 3.05) is 46.6 Å². The lowest BCUT2D eigenvalue weighted by Gasteiger charge is -2.13. The van der Waals surface area contributed by atoms with E-state index in [2.05, 4.69) is 47.7 Å². The molecule has 0 bridgehead atoms. The second-order valence-electron chi connectivity index (χ2n) is 5.69. The van der Waals surface area contributed by atoms with Crippen LogP contribution in [0, 0.1) is 6.92 Å². The van der Waals surface area contributed by atoms with Crippen molar-refractivity contribution in [3.8, 4) is 5.75 Å².